The second kappa shape index (κ2) is 5.38. The molecule has 2 bridgehead atoms. The van der Waals surface area contributed by atoms with Gasteiger partial charge in [0.2, 0.25) is 0 Å². The molecule has 4 heteroatoms. The van der Waals surface area contributed by atoms with Crippen molar-refractivity contribution in [1.29, 1.82) is 0 Å². The minimum absolute atomic E-state index is 0.160. The lowest BCUT2D eigenvalue weighted by Crippen LogP contribution is -2.48. The maximum absolute atomic E-state index is 13.1. The van der Waals surface area contributed by atoms with E-state index in [0.29, 0.717) is 17.9 Å². The van der Waals surface area contributed by atoms with Crippen LogP contribution in [-0.4, -0.2) is 41.7 Å². The molecule has 4 rings (SSSR count). The highest BCUT2D eigenvalue weighted by molar-refractivity contribution is 5.99. The Balaban J connectivity index is 1.64. The largest absolute Gasteiger partial charge is 0.381 e. The molecule has 1 unspecified atom stereocenters. The van der Waals surface area contributed by atoms with Crippen LogP contribution in [0.25, 0.3) is 10.9 Å². The molecular weight excluding hydrogens is 288 g/mol. The van der Waals surface area contributed by atoms with Crippen molar-refractivity contribution >= 4 is 16.8 Å². The number of ether oxygens (including phenoxy) is 1. The van der Waals surface area contributed by atoms with Gasteiger partial charge in [0.15, 0.2) is 0 Å². The van der Waals surface area contributed by atoms with E-state index < -0.39 is 0 Å². The maximum atomic E-state index is 13.1. The first kappa shape index (κ1) is 14.8. The van der Waals surface area contributed by atoms with Gasteiger partial charge in [-0.25, -0.2) is 0 Å². The van der Waals surface area contributed by atoms with E-state index in [1.54, 1.807) is 7.11 Å². The van der Waals surface area contributed by atoms with E-state index in [2.05, 4.69) is 25.1 Å². The smallest absolute Gasteiger partial charge is 0.270 e. The van der Waals surface area contributed by atoms with Crippen LogP contribution in [0.3, 0.4) is 0 Å². The predicted molar refractivity (Wildman–Crippen MR) is 90.6 cm³/mol. The van der Waals surface area contributed by atoms with Gasteiger partial charge >= 0.3 is 0 Å². The molecule has 2 fully saturated rings. The van der Waals surface area contributed by atoms with Gasteiger partial charge < -0.3 is 14.2 Å². The van der Waals surface area contributed by atoms with Crippen LogP contribution in [0.4, 0.5) is 0 Å². The van der Waals surface area contributed by atoms with E-state index in [-0.39, 0.29) is 5.91 Å². The van der Waals surface area contributed by atoms with Crippen LogP contribution in [-0.2, 0) is 11.8 Å². The molecule has 1 amide bonds. The minimum atomic E-state index is 0.160. The van der Waals surface area contributed by atoms with Crippen LogP contribution in [0.5, 0.6) is 0 Å². The highest BCUT2D eigenvalue weighted by atomic mass is 16.5. The number of benzene rings is 1. The summed E-state index contributed by atoms with van der Waals surface area (Å²) in [6.07, 6.45) is 2.71. The molecule has 4 nitrogen and oxygen atoms in total. The average molecular weight is 312 g/mol. The molecule has 2 heterocycles. The Bertz CT molecular complexity index is 750. The van der Waals surface area contributed by atoms with Gasteiger partial charge in [0.25, 0.3) is 5.91 Å². The second-order valence-electron chi connectivity index (χ2n) is 7.16. The van der Waals surface area contributed by atoms with Crippen LogP contribution >= 0.6 is 0 Å². The molecule has 0 N–H and O–H groups in total. The third kappa shape index (κ3) is 2.27. The zero-order chi connectivity index (χ0) is 16.1. The number of hydrogen-bond acceptors (Lipinski definition) is 2. The lowest BCUT2D eigenvalue weighted by molar-refractivity contribution is -0.0116. The third-order valence-electron chi connectivity index (χ3n) is 5.73. The summed E-state index contributed by atoms with van der Waals surface area (Å²) in [6, 6.07) is 8.37. The Morgan fingerprint density at radius 2 is 1.87 bits per heavy atom. The second-order valence-corrected chi connectivity index (χ2v) is 7.16. The number of hydrogen-bond donors (Lipinski definition) is 0. The number of carbonyl (C=O) groups excluding carboxylic acids is 1. The summed E-state index contributed by atoms with van der Waals surface area (Å²) in [6.45, 7) is 3.74. The van der Waals surface area contributed by atoms with Crippen molar-refractivity contribution in [3.8, 4) is 0 Å². The van der Waals surface area contributed by atoms with E-state index >= 15 is 0 Å². The van der Waals surface area contributed by atoms with Crippen molar-refractivity contribution in [2.45, 2.75) is 25.9 Å². The standard InChI is InChI=1S/C19H24N2O2/c1-12-4-5-13-9-17(20(2)16(13)8-12)19(22)21-10-14-6-7-15(11-21)18(14)23-3/h4-5,8-9,14-15,18H,6-7,10-11H2,1-3H3/t14-,15+,18?. The molecule has 1 saturated carbocycles. The molecule has 2 aliphatic rings. The van der Waals surface area contributed by atoms with Gasteiger partial charge in [-0.3, -0.25) is 4.79 Å². The van der Waals surface area contributed by atoms with Gasteiger partial charge in [-0.2, -0.15) is 0 Å². The molecule has 1 aliphatic carbocycles. The Morgan fingerprint density at radius 3 is 2.52 bits per heavy atom. The number of aromatic nitrogens is 1. The van der Waals surface area contributed by atoms with Crippen LogP contribution < -0.4 is 0 Å². The average Bonchev–Trinajstić information content (AvgIpc) is 3.00. The van der Waals surface area contributed by atoms with Crippen LogP contribution in [0.2, 0.25) is 0 Å². The van der Waals surface area contributed by atoms with Gasteiger partial charge in [0.1, 0.15) is 5.69 Å². The lowest BCUT2D eigenvalue weighted by atomic mass is 9.94. The van der Waals surface area contributed by atoms with Gasteiger partial charge in [0.05, 0.1) is 6.10 Å². The molecule has 3 atom stereocenters. The number of fused-ring (bicyclic) bond motifs is 3. The van der Waals surface area contributed by atoms with Crippen molar-refractivity contribution in [2.24, 2.45) is 18.9 Å². The number of nitrogens with zero attached hydrogens (tertiary/aromatic N) is 2. The Morgan fingerprint density at radius 1 is 1.17 bits per heavy atom. The molecule has 0 spiro atoms. The SMILES string of the molecule is COC1[C@@H]2CC[C@H]1CN(C(=O)c1cc3ccc(C)cc3n1C)C2. The minimum Gasteiger partial charge on any atom is -0.381 e. The number of aryl methyl sites for hydroxylation is 2. The highest BCUT2D eigenvalue weighted by Crippen LogP contribution is 2.39. The fraction of sp³-hybridized carbons (Fsp3) is 0.526. The van der Waals surface area contributed by atoms with Gasteiger partial charge in [0, 0.05) is 50.0 Å². The first-order chi connectivity index (χ1) is 11.1. The van der Waals surface area contributed by atoms with Crippen LogP contribution in [0, 0.1) is 18.8 Å². The molecule has 23 heavy (non-hydrogen) atoms. The summed E-state index contributed by atoms with van der Waals surface area (Å²) in [5, 5.41) is 1.14. The third-order valence-corrected chi connectivity index (χ3v) is 5.73. The number of rotatable bonds is 2. The fourth-order valence-corrected chi connectivity index (χ4v) is 4.53. The summed E-state index contributed by atoms with van der Waals surface area (Å²) in [5.74, 6) is 1.16. The number of amides is 1. The maximum Gasteiger partial charge on any atom is 0.270 e. The Kier molecular flexibility index (Phi) is 3.45. The van der Waals surface area contributed by atoms with E-state index in [1.165, 1.54) is 18.4 Å². The molecule has 1 aromatic heterocycles. The van der Waals surface area contributed by atoms with Gasteiger partial charge in [-0.15, -0.1) is 0 Å². The van der Waals surface area contributed by atoms with E-state index in [0.717, 1.165) is 29.7 Å². The topological polar surface area (TPSA) is 34.5 Å². The molecular formula is C19H24N2O2. The Labute approximate surface area is 137 Å². The van der Waals surface area contributed by atoms with Gasteiger partial charge in [-0.1, -0.05) is 12.1 Å². The van der Waals surface area contributed by atoms with Crippen molar-refractivity contribution in [1.82, 2.24) is 9.47 Å². The fourth-order valence-electron chi connectivity index (χ4n) is 4.53. The van der Waals surface area contributed by atoms with Gasteiger partial charge in [-0.05, 0) is 37.5 Å². The van der Waals surface area contributed by atoms with Crippen LogP contribution in [0.1, 0.15) is 28.9 Å². The zero-order valence-corrected chi connectivity index (χ0v) is 14.1. The van der Waals surface area contributed by atoms with Crippen molar-refractivity contribution in [3.63, 3.8) is 0 Å². The summed E-state index contributed by atoms with van der Waals surface area (Å²) < 4.78 is 7.69. The lowest BCUT2D eigenvalue weighted by Gasteiger charge is -2.37. The molecule has 1 aromatic carbocycles. The summed E-state index contributed by atoms with van der Waals surface area (Å²) >= 11 is 0. The number of methoxy groups -OCH3 is 1. The molecule has 0 radical (unpaired) electrons. The summed E-state index contributed by atoms with van der Waals surface area (Å²) in [7, 11) is 3.80. The molecule has 1 saturated heterocycles. The van der Waals surface area contributed by atoms with Crippen molar-refractivity contribution in [2.75, 3.05) is 20.2 Å². The summed E-state index contributed by atoms with van der Waals surface area (Å²) in [5.41, 5.74) is 3.14. The number of carbonyl (C=O) groups is 1. The normalized spacial score (nSPS) is 26.9. The van der Waals surface area contributed by atoms with E-state index in [4.69, 9.17) is 4.74 Å². The van der Waals surface area contributed by atoms with Crippen LogP contribution in [0.15, 0.2) is 24.3 Å². The zero-order valence-electron chi connectivity index (χ0n) is 14.1. The molecule has 2 aromatic rings. The monoisotopic (exact) mass is 312 g/mol. The summed E-state index contributed by atoms with van der Waals surface area (Å²) in [4.78, 5) is 15.1. The number of piperidine rings is 1. The van der Waals surface area contributed by atoms with Crippen molar-refractivity contribution < 1.29 is 9.53 Å². The highest BCUT2D eigenvalue weighted by Gasteiger charge is 2.43. The van der Waals surface area contributed by atoms with E-state index in [9.17, 15) is 4.79 Å². The first-order valence-corrected chi connectivity index (χ1v) is 8.46. The molecule has 1 aliphatic heterocycles. The van der Waals surface area contributed by atoms with Crippen molar-refractivity contribution in [3.05, 3.63) is 35.5 Å². The quantitative estimate of drug-likeness (QED) is 0.854. The Hall–Kier alpha value is -1.81. The predicted octanol–water partition coefficient (Wildman–Crippen LogP) is 2.98. The molecule has 122 valence electrons. The van der Waals surface area contributed by atoms with E-state index in [1.807, 2.05) is 22.6 Å². The number of likely N-dealkylation sites (tertiary alicyclic amines) is 1. The first-order valence-electron chi connectivity index (χ1n) is 8.46.